The number of alkyl halides is 3. The highest BCUT2D eigenvalue weighted by atomic mass is 19.4. The summed E-state index contributed by atoms with van der Waals surface area (Å²) in [4.78, 5) is 10.7. The fourth-order valence-electron chi connectivity index (χ4n) is 1.81. The van der Waals surface area contributed by atoms with Crippen molar-refractivity contribution in [1.29, 1.82) is 0 Å². The van der Waals surface area contributed by atoms with Crippen molar-refractivity contribution >= 4 is 5.91 Å². The van der Waals surface area contributed by atoms with Gasteiger partial charge in [0.05, 0.1) is 0 Å². The normalized spacial score (nSPS) is 32.5. The molecule has 6 heteroatoms. The predicted molar refractivity (Wildman–Crippen MR) is 47.1 cm³/mol. The molecule has 1 fully saturated rings. The fraction of sp³-hybridized carbons (Fsp3) is 0.889. The van der Waals surface area contributed by atoms with Gasteiger partial charge in [-0.15, -0.1) is 0 Å². The molecule has 0 saturated heterocycles. The molecule has 0 unspecified atom stereocenters. The van der Waals surface area contributed by atoms with Crippen LogP contribution in [0.15, 0.2) is 0 Å². The Morgan fingerprint density at radius 2 is 1.87 bits per heavy atom. The van der Waals surface area contributed by atoms with Crippen LogP contribution in [0.2, 0.25) is 0 Å². The molecule has 1 aliphatic rings. The van der Waals surface area contributed by atoms with Crippen molar-refractivity contribution in [1.82, 2.24) is 5.32 Å². The van der Waals surface area contributed by atoms with Gasteiger partial charge in [-0.2, -0.15) is 13.2 Å². The van der Waals surface area contributed by atoms with Crippen LogP contribution in [-0.4, -0.2) is 28.8 Å². The summed E-state index contributed by atoms with van der Waals surface area (Å²) in [6, 6.07) is -0.245. The smallest absolute Gasteiger partial charge is 0.380 e. The molecule has 0 heterocycles. The van der Waals surface area contributed by atoms with Crippen LogP contribution in [0.4, 0.5) is 13.2 Å². The van der Waals surface area contributed by atoms with Gasteiger partial charge < -0.3 is 10.4 Å². The average Bonchev–Trinajstić information content (AvgIpc) is 2.06. The maximum absolute atomic E-state index is 12.4. The summed E-state index contributed by atoms with van der Waals surface area (Å²) in [5.74, 6) is -0.252. The van der Waals surface area contributed by atoms with Crippen LogP contribution in [-0.2, 0) is 4.79 Å². The Labute approximate surface area is 85.7 Å². The molecule has 88 valence electrons. The van der Waals surface area contributed by atoms with E-state index < -0.39 is 11.8 Å². The minimum atomic E-state index is -4.58. The molecule has 15 heavy (non-hydrogen) atoms. The predicted octanol–water partition coefficient (Wildman–Crippen LogP) is 1.36. The molecular formula is C9H14F3NO2. The molecule has 0 aromatic carbocycles. The van der Waals surface area contributed by atoms with Crippen molar-refractivity contribution in [3.63, 3.8) is 0 Å². The minimum Gasteiger partial charge on any atom is -0.380 e. The summed E-state index contributed by atoms with van der Waals surface area (Å²) in [6.07, 6.45) is -4.94. The molecule has 2 N–H and O–H groups in total. The van der Waals surface area contributed by atoms with Gasteiger partial charge in [0.25, 0.3) is 0 Å². The molecule has 0 radical (unpaired) electrons. The summed E-state index contributed by atoms with van der Waals surface area (Å²) in [6.45, 7) is 1.32. The number of aliphatic hydroxyl groups is 1. The Balaban J connectivity index is 2.52. The van der Waals surface area contributed by atoms with Crippen LogP contribution < -0.4 is 5.32 Å². The van der Waals surface area contributed by atoms with E-state index in [9.17, 15) is 23.1 Å². The van der Waals surface area contributed by atoms with Crippen molar-refractivity contribution in [3.05, 3.63) is 0 Å². The fourth-order valence-corrected chi connectivity index (χ4v) is 1.81. The number of nitrogens with one attached hydrogen (secondary N) is 1. The Morgan fingerprint density at radius 1 is 1.40 bits per heavy atom. The topological polar surface area (TPSA) is 49.3 Å². The standard InChI is InChI=1S/C9H14F3NO2/c1-6(14)13-7-2-4-8(15,5-3-7)9(10,11)12/h7,15H,2-5H2,1H3,(H,13,14). The van der Waals surface area contributed by atoms with Crippen LogP contribution in [0.3, 0.4) is 0 Å². The molecular weight excluding hydrogens is 211 g/mol. The molecule has 0 aromatic rings. The highest BCUT2D eigenvalue weighted by Crippen LogP contribution is 2.41. The Kier molecular flexibility index (Phi) is 3.28. The molecule has 1 rings (SSSR count). The summed E-state index contributed by atoms with van der Waals surface area (Å²) >= 11 is 0. The van der Waals surface area contributed by atoms with Crippen LogP contribution in [0.1, 0.15) is 32.6 Å². The molecule has 0 aliphatic heterocycles. The molecule has 1 amide bonds. The number of halogens is 3. The molecule has 0 spiro atoms. The van der Waals surface area contributed by atoms with E-state index in [1.165, 1.54) is 6.92 Å². The van der Waals surface area contributed by atoms with Crippen LogP contribution >= 0.6 is 0 Å². The van der Waals surface area contributed by atoms with Crippen molar-refractivity contribution in [2.45, 2.75) is 50.4 Å². The zero-order chi connectivity index (χ0) is 11.7. The summed E-state index contributed by atoms with van der Waals surface area (Å²) < 4.78 is 37.1. The van der Waals surface area contributed by atoms with Crippen molar-refractivity contribution in [3.8, 4) is 0 Å². The lowest BCUT2D eigenvalue weighted by molar-refractivity contribution is -0.270. The van der Waals surface area contributed by atoms with E-state index in [1.807, 2.05) is 0 Å². The molecule has 3 nitrogen and oxygen atoms in total. The molecule has 0 atom stereocenters. The minimum absolute atomic E-state index is 0.162. The van der Waals surface area contributed by atoms with E-state index in [0.29, 0.717) is 0 Å². The van der Waals surface area contributed by atoms with E-state index in [0.717, 1.165) is 0 Å². The van der Waals surface area contributed by atoms with Gasteiger partial charge >= 0.3 is 6.18 Å². The second-order valence-corrected chi connectivity index (χ2v) is 4.00. The van der Waals surface area contributed by atoms with Gasteiger partial charge in [0, 0.05) is 13.0 Å². The Morgan fingerprint density at radius 3 is 2.20 bits per heavy atom. The van der Waals surface area contributed by atoms with Crippen molar-refractivity contribution < 1.29 is 23.1 Å². The lowest BCUT2D eigenvalue weighted by Gasteiger charge is -2.37. The largest absolute Gasteiger partial charge is 0.417 e. The van der Waals surface area contributed by atoms with Gasteiger partial charge in [0.15, 0.2) is 5.60 Å². The summed E-state index contributed by atoms with van der Waals surface area (Å²) in [5.41, 5.74) is -2.57. The van der Waals surface area contributed by atoms with E-state index in [1.54, 1.807) is 0 Å². The van der Waals surface area contributed by atoms with Gasteiger partial charge in [0.2, 0.25) is 5.91 Å². The number of amides is 1. The lowest BCUT2D eigenvalue weighted by atomic mass is 9.81. The number of rotatable bonds is 1. The zero-order valence-corrected chi connectivity index (χ0v) is 8.40. The van der Waals surface area contributed by atoms with Crippen molar-refractivity contribution in [2.75, 3.05) is 0 Å². The third kappa shape index (κ3) is 2.84. The van der Waals surface area contributed by atoms with Crippen LogP contribution in [0, 0.1) is 0 Å². The first-order valence-corrected chi connectivity index (χ1v) is 4.81. The first-order chi connectivity index (χ1) is 6.74. The number of carbonyl (C=O) groups excluding carboxylic acids is 1. The van der Waals surface area contributed by atoms with Crippen LogP contribution in [0.25, 0.3) is 0 Å². The first-order valence-electron chi connectivity index (χ1n) is 4.81. The summed E-state index contributed by atoms with van der Waals surface area (Å²) in [7, 11) is 0. The second kappa shape index (κ2) is 4.00. The molecule has 1 saturated carbocycles. The van der Waals surface area contributed by atoms with Crippen LogP contribution in [0.5, 0.6) is 0 Å². The Bertz CT molecular complexity index is 244. The van der Waals surface area contributed by atoms with Gasteiger partial charge in [0.1, 0.15) is 0 Å². The SMILES string of the molecule is CC(=O)NC1CCC(O)(C(F)(F)F)CC1. The number of carbonyl (C=O) groups is 1. The highest BCUT2D eigenvalue weighted by Gasteiger charge is 2.54. The summed E-state index contributed by atoms with van der Waals surface area (Å²) in [5, 5.41) is 11.9. The maximum atomic E-state index is 12.4. The van der Waals surface area contributed by atoms with Gasteiger partial charge in [-0.3, -0.25) is 4.79 Å². The van der Waals surface area contributed by atoms with Crippen molar-refractivity contribution in [2.24, 2.45) is 0 Å². The van der Waals surface area contributed by atoms with Gasteiger partial charge in [-0.1, -0.05) is 0 Å². The maximum Gasteiger partial charge on any atom is 0.417 e. The van der Waals surface area contributed by atoms with E-state index in [2.05, 4.69) is 5.32 Å². The van der Waals surface area contributed by atoms with E-state index in [-0.39, 0.29) is 37.6 Å². The Hall–Kier alpha value is -0.780. The number of hydrogen-bond donors (Lipinski definition) is 2. The highest BCUT2D eigenvalue weighted by molar-refractivity contribution is 5.73. The van der Waals surface area contributed by atoms with E-state index in [4.69, 9.17) is 0 Å². The zero-order valence-electron chi connectivity index (χ0n) is 8.40. The average molecular weight is 225 g/mol. The lowest BCUT2D eigenvalue weighted by Crippen LogP contribution is -2.51. The quantitative estimate of drug-likeness (QED) is 0.707. The van der Waals surface area contributed by atoms with Gasteiger partial charge in [-0.05, 0) is 25.7 Å². The third-order valence-electron chi connectivity index (χ3n) is 2.75. The molecule has 0 aromatic heterocycles. The monoisotopic (exact) mass is 225 g/mol. The first kappa shape index (κ1) is 12.3. The number of hydrogen-bond acceptors (Lipinski definition) is 2. The second-order valence-electron chi connectivity index (χ2n) is 4.00. The van der Waals surface area contributed by atoms with E-state index >= 15 is 0 Å². The molecule has 0 bridgehead atoms. The molecule has 1 aliphatic carbocycles. The third-order valence-corrected chi connectivity index (χ3v) is 2.75. The van der Waals surface area contributed by atoms with Gasteiger partial charge in [-0.25, -0.2) is 0 Å².